The summed E-state index contributed by atoms with van der Waals surface area (Å²) in [6.07, 6.45) is 11.4. The fourth-order valence-corrected chi connectivity index (χ4v) is 4.01. The van der Waals surface area contributed by atoms with Gasteiger partial charge in [0.05, 0.1) is 0 Å². The highest BCUT2D eigenvalue weighted by Crippen LogP contribution is 2.25. The first-order chi connectivity index (χ1) is 12.3. The Morgan fingerprint density at radius 2 is 1.72 bits per heavy atom. The van der Waals surface area contributed by atoms with Crippen LogP contribution in [0.5, 0.6) is 5.75 Å². The molecule has 1 saturated heterocycles. The summed E-state index contributed by atoms with van der Waals surface area (Å²) >= 11 is 0. The molecule has 0 bridgehead atoms. The topological polar surface area (TPSA) is 27.7 Å². The van der Waals surface area contributed by atoms with Gasteiger partial charge in [0.2, 0.25) is 0 Å². The third-order valence-corrected chi connectivity index (χ3v) is 5.40. The summed E-state index contributed by atoms with van der Waals surface area (Å²) in [6, 6.07) is 6.96. The van der Waals surface area contributed by atoms with E-state index in [1.54, 1.807) is 12.1 Å². The average Bonchev–Trinajstić information content (AvgIpc) is 3.19. The van der Waals surface area contributed by atoms with Crippen molar-refractivity contribution in [3.8, 4) is 5.75 Å². The molecule has 2 fully saturated rings. The minimum atomic E-state index is -0.250. The molecule has 1 saturated carbocycles. The van der Waals surface area contributed by atoms with Crippen molar-refractivity contribution in [2.45, 2.75) is 38.0 Å². The van der Waals surface area contributed by atoms with Crippen LogP contribution in [0.25, 0.3) is 0 Å². The molecule has 1 atom stereocenters. The summed E-state index contributed by atoms with van der Waals surface area (Å²) in [5.41, 5.74) is 0. The summed E-state index contributed by atoms with van der Waals surface area (Å²) < 4.78 is 18.9. The minimum Gasteiger partial charge on any atom is -0.467 e. The molecule has 2 heterocycles. The molecule has 0 amide bonds. The first-order valence-electron chi connectivity index (χ1n) is 9.34. The van der Waals surface area contributed by atoms with Crippen LogP contribution in [0.4, 0.5) is 4.39 Å². The third kappa shape index (κ3) is 3.98. The Morgan fingerprint density at radius 1 is 1.00 bits per heavy atom. The zero-order valence-electron chi connectivity index (χ0n) is 14.5. The van der Waals surface area contributed by atoms with Gasteiger partial charge in [-0.1, -0.05) is 18.9 Å². The number of allylic oxidation sites excluding steroid dienone is 2. The average molecular weight is 343 g/mol. The standard InChI is InChI=1S/C20H26FN3O/c21-16-8-10-18(11-9-16)25-20-7-3-6-19(22-20)24-14-12-23(13-15-24)17-4-1-2-5-17/h3,6-11,17,20,22H,1-2,4-5,12-15H2. The first kappa shape index (κ1) is 16.5. The number of hydrogen-bond acceptors (Lipinski definition) is 4. The van der Waals surface area contributed by atoms with E-state index in [4.69, 9.17) is 4.74 Å². The van der Waals surface area contributed by atoms with Gasteiger partial charge in [-0.25, -0.2) is 4.39 Å². The van der Waals surface area contributed by atoms with Crippen molar-refractivity contribution >= 4 is 0 Å². The highest BCUT2D eigenvalue weighted by molar-refractivity contribution is 5.25. The number of benzene rings is 1. The van der Waals surface area contributed by atoms with Gasteiger partial charge in [0.1, 0.15) is 17.4 Å². The number of piperazine rings is 1. The number of hydrogen-bond donors (Lipinski definition) is 1. The third-order valence-electron chi connectivity index (χ3n) is 5.40. The van der Waals surface area contributed by atoms with Crippen molar-refractivity contribution in [2.24, 2.45) is 0 Å². The van der Waals surface area contributed by atoms with Crippen molar-refractivity contribution in [1.29, 1.82) is 0 Å². The van der Waals surface area contributed by atoms with Gasteiger partial charge in [-0.3, -0.25) is 4.90 Å². The van der Waals surface area contributed by atoms with E-state index < -0.39 is 0 Å². The van der Waals surface area contributed by atoms with E-state index in [9.17, 15) is 4.39 Å². The lowest BCUT2D eigenvalue weighted by molar-refractivity contribution is 0.104. The number of nitrogens with zero attached hydrogens (tertiary/aromatic N) is 2. The van der Waals surface area contributed by atoms with Crippen LogP contribution in [0.1, 0.15) is 25.7 Å². The number of rotatable bonds is 4. The molecule has 25 heavy (non-hydrogen) atoms. The van der Waals surface area contributed by atoms with E-state index in [2.05, 4.69) is 21.2 Å². The zero-order valence-corrected chi connectivity index (χ0v) is 14.5. The quantitative estimate of drug-likeness (QED) is 0.909. The molecule has 0 spiro atoms. The summed E-state index contributed by atoms with van der Waals surface area (Å²) in [5, 5.41) is 3.44. The Balaban J connectivity index is 1.30. The maximum Gasteiger partial charge on any atom is 0.190 e. The van der Waals surface area contributed by atoms with E-state index in [-0.39, 0.29) is 12.0 Å². The number of nitrogens with one attached hydrogen (secondary N) is 1. The van der Waals surface area contributed by atoms with Gasteiger partial charge in [-0.15, -0.1) is 0 Å². The van der Waals surface area contributed by atoms with Crippen molar-refractivity contribution in [3.05, 3.63) is 54.1 Å². The first-order valence-corrected chi connectivity index (χ1v) is 9.34. The van der Waals surface area contributed by atoms with Crippen LogP contribution < -0.4 is 10.1 Å². The molecule has 2 aliphatic heterocycles. The smallest absolute Gasteiger partial charge is 0.190 e. The predicted molar refractivity (Wildman–Crippen MR) is 96.6 cm³/mol. The fraction of sp³-hybridized carbons (Fsp3) is 0.500. The molecule has 3 aliphatic rings. The van der Waals surface area contributed by atoms with Crippen LogP contribution in [-0.4, -0.2) is 48.2 Å². The maximum atomic E-state index is 13.0. The van der Waals surface area contributed by atoms with E-state index >= 15 is 0 Å². The molecule has 4 nitrogen and oxygen atoms in total. The molecule has 0 radical (unpaired) electrons. The summed E-state index contributed by atoms with van der Waals surface area (Å²) in [6.45, 7) is 4.37. The molecule has 1 aliphatic carbocycles. The molecule has 1 unspecified atom stereocenters. The Labute approximate surface area is 148 Å². The lowest BCUT2D eigenvalue weighted by atomic mass is 10.2. The highest BCUT2D eigenvalue weighted by atomic mass is 19.1. The van der Waals surface area contributed by atoms with Crippen molar-refractivity contribution in [2.75, 3.05) is 26.2 Å². The molecular weight excluding hydrogens is 317 g/mol. The van der Waals surface area contributed by atoms with Gasteiger partial charge in [0, 0.05) is 32.2 Å². The SMILES string of the molecule is Fc1ccc(OC2C=CC=C(N3CCN(C4CCCC4)CC3)N2)cc1. The van der Waals surface area contributed by atoms with Gasteiger partial charge in [-0.2, -0.15) is 0 Å². The lowest BCUT2D eigenvalue weighted by Crippen LogP contribution is -2.52. The van der Waals surface area contributed by atoms with Gasteiger partial charge in [0.15, 0.2) is 6.23 Å². The van der Waals surface area contributed by atoms with Crippen molar-refractivity contribution < 1.29 is 9.13 Å². The van der Waals surface area contributed by atoms with Crippen LogP contribution in [-0.2, 0) is 0 Å². The summed E-state index contributed by atoms with van der Waals surface area (Å²) in [4.78, 5) is 5.06. The van der Waals surface area contributed by atoms with E-state index in [1.165, 1.54) is 37.8 Å². The van der Waals surface area contributed by atoms with Gasteiger partial charge < -0.3 is 15.0 Å². The molecular formula is C20H26FN3O. The Morgan fingerprint density at radius 3 is 2.44 bits per heavy atom. The van der Waals surface area contributed by atoms with Crippen LogP contribution in [0.3, 0.4) is 0 Å². The highest BCUT2D eigenvalue weighted by Gasteiger charge is 2.27. The molecule has 1 aromatic rings. The molecule has 1 aromatic carbocycles. The Hall–Kier alpha value is -2.01. The lowest BCUT2D eigenvalue weighted by Gasteiger charge is -2.41. The molecule has 1 N–H and O–H groups in total. The van der Waals surface area contributed by atoms with E-state index in [0.717, 1.165) is 38.0 Å². The minimum absolute atomic E-state index is 0.224. The van der Waals surface area contributed by atoms with Gasteiger partial charge in [0.25, 0.3) is 0 Å². The monoisotopic (exact) mass is 343 g/mol. The largest absolute Gasteiger partial charge is 0.467 e. The Bertz CT molecular complexity index is 629. The second-order valence-electron chi connectivity index (χ2n) is 7.03. The number of halogens is 1. The second kappa shape index (κ2) is 7.48. The van der Waals surface area contributed by atoms with Crippen LogP contribution in [0, 0.1) is 5.82 Å². The molecule has 5 heteroatoms. The van der Waals surface area contributed by atoms with Crippen LogP contribution in [0.15, 0.2) is 48.3 Å². The molecule has 4 rings (SSSR count). The van der Waals surface area contributed by atoms with Crippen LogP contribution >= 0.6 is 0 Å². The molecule has 134 valence electrons. The Kier molecular flexibility index (Phi) is 4.92. The second-order valence-corrected chi connectivity index (χ2v) is 7.03. The maximum absolute atomic E-state index is 13.0. The van der Waals surface area contributed by atoms with E-state index in [0.29, 0.717) is 5.75 Å². The number of ether oxygens (including phenoxy) is 1. The van der Waals surface area contributed by atoms with Crippen molar-refractivity contribution in [3.63, 3.8) is 0 Å². The summed E-state index contributed by atoms with van der Waals surface area (Å²) in [5.74, 6) is 1.52. The number of dihydropyridines is 1. The molecule has 0 aromatic heterocycles. The normalized spacial score (nSPS) is 24.9. The van der Waals surface area contributed by atoms with Crippen LogP contribution in [0.2, 0.25) is 0 Å². The zero-order chi connectivity index (χ0) is 17.1. The van der Waals surface area contributed by atoms with Crippen molar-refractivity contribution in [1.82, 2.24) is 15.1 Å². The fourth-order valence-electron chi connectivity index (χ4n) is 4.01. The van der Waals surface area contributed by atoms with Gasteiger partial charge >= 0.3 is 0 Å². The van der Waals surface area contributed by atoms with Gasteiger partial charge in [-0.05, 0) is 49.3 Å². The van der Waals surface area contributed by atoms with E-state index in [1.807, 2.05) is 12.2 Å². The predicted octanol–water partition coefficient (Wildman–Crippen LogP) is 3.09. The summed E-state index contributed by atoms with van der Waals surface area (Å²) in [7, 11) is 0.